The third-order valence-electron chi connectivity index (χ3n) is 4.78. The smallest absolute Gasteiger partial charge is 0.233 e. The van der Waals surface area contributed by atoms with Crippen LogP contribution in [0, 0.1) is 6.92 Å². The molecule has 6 heteroatoms. The second-order valence-corrected chi connectivity index (χ2v) is 8.49. The Labute approximate surface area is 152 Å². The first-order valence-corrected chi connectivity index (χ1v) is 9.94. The van der Waals surface area contributed by atoms with Gasteiger partial charge in [0.2, 0.25) is 5.91 Å². The van der Waals surface area contributed by atoms with Crippen LogP contribution in [-0.4, -0.2) is 25.9 Å². The number of hydrogen-bond donors (Lipinski definition) is 1. The van der Waals surface area contributed by atoms with Crippen LogP contribution in [0.15, 0.2) is 29.4 Å². The molecule has 1 atom stereocenters. The van der Waals surface area contributed by atoms with E-state index in [9.17, 15) is 4.79 Å². The van der Waals surface area contributed by atoms with Crippen molar-refractivity contribution in [2.24, 2.45) is 0 Å². The number of carbonyl (C=O) groups is 1. The number of amides is 1. The number of aryl methyl sites for hydroxylation is 1. The SMILES string of the molecule is Cc1ccc(CNC(=O)[C@@H](C)Sc2nnc(C3CC3)n2C2CC2)cc1. The van der Waals surface area contributed by atoms with Crippen molar-refractivity contribution in [3.8, 4) is 0 Å². The highest BCUT2D eigenvalue weighted by molar-refractivity contribution is 8.00. The number of rotatable bonds is 7. The molecule has 1 amide bonds. The van der Waals surface area contributed by atoms with E-state index in [0.29, 0.717) is 18.5 Å². The third-order valence-corrected chi connectivity index (χ3v) is 5.84. The molecule has 0 unspecified atom stereocenters. The molecule has 0 bridgehead atoms. The Morgan fingerprint density at radius 2 is 1.96 bits per heavy atom. The molecular weight excluding hydrogens is 332 g/mol. The topological polar surface area (TPSA) is 59.8 Å². The van der Waals surface area contributed by atoms with Gasteiger partial charge >= 0.3 is 0 Å². The average molecular weight is 356 g/mol. The first-order valence-electron chi connectivity index (χ1n) is 9.06. The highest BCUT2D eigenvalue weighted by atomic mass is 32.2. The summed E-state index contributed by atoms with van der Waals surface area (Å²) < 4.78 is 2.30. The van der Waals surface area contributed by atoms with Crippen LogP contribution in [-0.2, 0) is 11.3 Å². The van der Waals surface area contributed by atoms with Crippen LogP contribution in [0.25, 0.3) is 0 Å². The molecule has 1 heterocycles. The fourth-order valence-electron chi connectivity index (χ4n) is 2.92. The van der Waals surface area contributed by atoms with Crippen LogP contribution in [0.3, 0.4) is 0 Å². The largest absolute Gasteiger partial charge is 0.351 e. The maximum absolute atomic E-state index is 12.4. The maximum Gasteiger partial charge on any atom is 0.233 e. The quantitative estimate of drug-likeness (QED) is 0.770. The summed E-state index contributed by atoms with van der Waals surface area (Å²) in [6.07, 6.45) is 4.86. The van der Waals surface area contributed by atoms with Gasteiger partial charge in [-0.15, -0.1) is 10.2 Å². The summed E-state index contributed by atoms with van der Waals surface area (Å²) in [5, 5.41) is 12.6. The van der Waals surface area contributed by atoms with Crippen molar-refractivity contribution in [2.75, 3.05) is 0 Å². The van der Waals surface area contributed by atoms with Gasteiger partial charge in [-0.25, -0.2) is 0 Å². The molecule has 2 aromatic rings. The normalized spacial score (nSPS) is 18.2. The number of nitrogens with zero attached hydrogens (tertiary/aromatic N) is 3. The molecule has 2 saturated carbocycles. The molecule has 0 saturated heterocycles. The highest BCUT2D eigenvalue weighted by Crippen LogP contribution is 2.46. The third kappa shape index (κ3) is 3.89. The van der Waals surface area contributed by atoms with Crippen LogP contribution in [0.5, 0.6) is 0 Å². The lowest BCUT2D eigenvalue weighted by Gasteiger charge is -2.13. The van der Waals surface area contributed by atoms with Crippen LogP contribution in [0.4, 0.5) is 0 Å². The van der Waals surface area contributed by atoms with E-state index in [1.807, 2.05) is 6.92 Å². The second kappa shape index (κ2) is 6.83. The molecule has 0 radical (unpaired) electrons. The Balaban J connectivity index is 1.37. The van der Waals surface area contributed by atoms with Crippen LogP contribution < -0.4 is 5.32 Å². The molecule has 1 N–H and O–H groups in total. The number of hydrogen-bond acceptors (Lipinski definition) is 4. The Kier molecular flexibility index (Phi) is 4.54. The van der Waals surface area contributed by atoms with Gasteiger partial charge < -0.3 is 9.88 Å². The lowest BCUT2D eigenvalue weighted by molar-refractivity contribution is -0.120. The summed E-state index contributed by atoms with van der Waals surface area (Å²) in [4.78, 5) is 12.4. The van der Waals surface area contributed by atoms with E-state index in [2.05, 4.69) is 51.3 Å². The zero-order valence-electron chi connectivity index (χ0n) is 14.7. The van der Waals surface area contributed by atoms with E-state index in [0.717, 1.165) is 16.5 Å². The number of aromatic nitrogens is 3. The molecule has 4 rings (SSSR count). The first-order chi connectivity index (χ1) is 12.1. The molecule has 25 heavy (non-hydrogen) atoms. The van der Waals surface area contributed by atoms with Crippen molar-refractivity contribution < 1.29 is 4.79 Å². The van der Waals surface area contributed by atoms with Gasteiger partial charge in [0.05, 0.1) is 5.25 Å². The standard InChI is InChI=1S/C19H24N4OS/c1-12-3-5-14(6-4-12)11-20-18(24)13(2)25-19-22-21-17(15-7-8-15)23(19)16-9-10-16/h3-6,13,15-16H,7-11H2,1-2H3,(H,20,24)/t13-/m1/s1. The van der Waals surface area contributed by atoms with E-state index >= 15 is 0 Å². The van der Waals surface area contributed by atoms with Crippen molar-refractivity contribution >= 4 is 17.7 Å². The second-order valence-electron chi connectivity index (χ2n) is 7.18. The fourth-order valence-corrected chi connectivity index (χ4v) is 3.87. The average Bonchev–Trinajstić information content (AvgIpc) is 3.53. The van der Waals surface area contributed by atoms with Gasteiger partial charge in [0.15, 0.2) is 5.16 Å². The van der Waals surface area contributed by atoms with E-state index in [-0.39, 0.29) is 11.2 Å². The van der Waals surface area contributed by atoms with Crippen molar-refractivity contribution in [3.05, 3.63) is 41.2 Å². The number of benzene rings is 1. The summed E-state index contributed by atoms with van der Waals surface area (Å²) in [7, 11) is 0. The van der Waals surface area contributed by atoms with Gasteiger partial charge in [-0.2, -0.15) is 0 Å². The Morgan fingerprint density at radius 1 is 1.24 bits per heavy atom. The molecule has 0 spiro atoms. The van der Waals surface area contributed by atoms with Crippen LogP contribution >= 0.6 is 11.8 Å². The van der Waals surface area contributed by atoms with Gasteiger partial charge in [-0.3, -0.25) is 4.79 Å². The van der Waals surface area contributed by atoms with E-state index in [4.69, 9.17) is 0 Å². The molecular formula is C19H24N4OS. The zero-order chi connectivity index (χ0) is 17.4. The van der Waals surface area contributed by atoms with Crippen molar-refractivity contribution in [2.45, 2.75) is 68.4 Å². The molecule has 2 aliphatic carbocycles. The van der Waals surface area contributed by atoms with Gasteiger partial charge in [-0.05, 0) is 45.1 Å². The number of carbonyl (C=O) groups excluding carboxylic acids is 1. The fraction of sp³-hybridized carbons (Fsp3) is 0.526. The van der Waals surface area contributed by atoms with Gasteiger partial charge in [0.25, 0.3) is 0 Å². The highest BCUT2D eigenvalue weighted by Gasteiger charge is 2.37. The molecule has 2 aliphatic rings. The first kappa shape index (κ1) is 16.6. The lowest BCUT2D eigenvalue weighted by Crippen LogP contribution is -2.30. The van der Waals surface area contributed by atoms with Crippen LogP contribution in [0.2, 0.25) is 0 Å². The lowest BCUT2D eigenvalue weighted by atomic mass is 10.1. The zero-order valence-corrected chi connectivity index (χ0v) is 15.6. The Hall–Kier alpha value is -1.82. The van der Waals surface area contributed by atoms with Crippen LogP contribution in [0.1, 0.15) is 61.5 Å². The summed E-state index contributed by atoms with van der Waals surface area (Å²) >= 11 is 1.53. The maximum atomic E-state index is 12.4. The van der Waals surface area contributed by atoms with Crippen molar-refractivity contribution in [1.29, 1.82) is 0 Å². The molecule has 1 aromatic heterocycles. The van der Waals surface area contributed by atoms with E-state index in [1.165, 1.54) is 43.0 Å². The molecule has 2 fully saturated rings. The monoisotopic (exact) mass is 356 g/mol. The van der Waals surface area contributed by atoms with Crippen molar-refractivity contribution in [3.63, 3.8) is 0 Å². The number of nitrogens with one attached hydrogen (secondary N) is 1. The number of thioether (sulfide) groups is 1. The van der Waals surface area contributed by atoms with E-state index in [1.54, 1.807) is 0 Å². The van der Waals surface area contributed by atoms with Gasteiger partial charge in [0, 0.05) is 18.5 Å². The minimum Gasteiger partial charge on any atom is -0.351 e. The Bertz CT molecular complexity index is 762. The molecule has 1 aromatic carbocycles. The minimum atomic E-state index is -0.181. The predicted octanol–water partition coefficient (Wildman–Crippen LogP) is 3.60. The summed E-state index contributed by atoms with van der Waals surface area (Å²) in [6, 6.07) is 8.79. The van der Waals surface area contributed by atoms with E-state index < -0.39 is 0 Å². The summed E-state index contributed by atoms with van der Waals surface area (Å²) in [5.74, 6) is 1.77. The minimum absolute atomic E-state index is 0.0453. The molecule has 132 valence electrons. The predicted molar refractivity (Wildman–Crippen MR) is 98.6 cm³/mol. The molecule has 0 aliphatic heterocycles. The summed E-state index contributed by atoms with van der Waals surface area (Å²) in [6.45, 7) is 4.57. The molecule has 5 nitrogen and oxygen atoms in total. The Morgan fingerprint density at radius 3 is 2.60 bits per heavy atom. The van der Waals surface area contributed by atoms with Gasteiger partial charge in [-0.1, -0.05) is 41.6 Å². The van der Waals surface area contributed by atoms with Crippen molar-refractivity contribution in [1.82, 2.24) is 20.1 Å². The summed E-state index contributed by atoms with van der Waals surface area (Å²) in [5.41, 5.74) is 2.35. The van der Waals surface area contributed by atoms with Gasteiger partial charge in [0.1, 0.15) is 5.82 Å².